The van der Waals surface area contributed by atoms with Gasteiger partial charge in [-0.05, 0) is 5.56 Å². The first-order chi connectivity index (χ1) is 10.2. The lowest BCUT2D eigenvalue weighted by molar-refractivity contribution is -0.384. The molecule has 0 bridgehead atoms. The monoisotopic (exact) mass is 304 g/mol. The molecule has 0 aromatic heterocycles. The Bertz CT molecular complexity index is 699. The lowest BCUT2D eigenvalue weighted by Crippen LogP contribution is -2.38. The zero-order valence-electron chi connectivity index (χ0n) is 11.8. The maximum absolute atomic E-state index is 12.0. The predicted molar refractivity (Wildman–Crippen MR) is 72.4 cm³/mol. The van der Waals surface area contributed by atoms with Crippen LogP contribution in [-0.4, -0.2) is 21.8 Å². The minimum Gasteiger partial charge on any atom is -0.480 e. The van der Waals surface area contributed by atoms with E-state index in [-0.39, 0.29) is 11.3 Å². The smallest absolute Gasteiger partial charge is 0.346 e. The Morgan fingerprint density at radius 1 is 1.32 bits per heavy atom. The number of hydrogen-bond acceptors (Lipinski definition) is 7. The molecule has 114 valence electrons. The third-order valence-corrected chi connectivity index (χ3v) is 2.99. The van der Waals surface area contributed by atoms with E-state index in [1.807, 2.05) is 6.07 Å². The lowest BCUT2D eigenvalue weighted by Gasteiger charge is -2.31. The number of nitro groups is 1. The van der Waals surface area contributed by atoms with Gasteiger partial charge in [0, 0.05) is 26.0 Å². The van der Waals surface area contributed by atoms with Crippen LogP contribution in [0.2, 0.25) is 0 Å². The van der Waals surface area contributed by atoms with Crippen LogP contribution in [0.1, 0.15) is 25.3 Å². The van der Waals surface area contributed by atoms with Crippen molar-refractivity contribution in [1.29, 1.82) is 5.26 Å². The normalized spacial score (nSPS) is 18.0. The molecule has 0 spiro atoms. The molecular weight excluding hydrogens is 292 g/mol. The highest BCUT2D eigenvalue weighted by molar-refractivity contribution is 5.92. The second-order valence-corrected chi connectivity index (χ2v) is 5.02. The van der Waals surface area contributed by atoms with E-state index in [1.54, 1.807) is 0 Å². The van der Waals surface area contributed by atoms with Crippen molar-refractivity contribution < 1.29 is 24.3 Å². The number of carbonyl (C=O) groups excluding carboxylic acids is 1. The number of hydrogen-bond donors (Lipinski definition) is 1. The van der Waals surface area contributed by atoms with E-state index >= 15 is 0 Å². The molecule has 1 atom stereocenters. The molecular formula is C14H12N2O6. The second kappa shape index (κ2) is 5.37. The first kappa shape index (κ1) is 15.3. The van der Waals surface area contributed by atoms with Crippen LogP contribution in [0.25, 0.3) is 0 Å². The maximum atomic E-state index is 12.0. The first-order valence-electron chi connectivity index (χ1n) is 6.24. The van der Waals surface area contributed by atoms with Crippen molar-refractivity contribution in [2.24, 2.45) is 0 Å². The third kappa shape index (κ3) is 2.83. The van der Waals surface area contributed by atoms with Gasteiger partial charge < -0.3 is 14.6 Å². The summed E-state index contributed by atoms with van der Waals surface area (Å²) in [6.07, 6.45) is 0. The van der Waals surface area contributed by atoms with Gasteiger partial charge in [-0.3, -0.25) is 10.1 Å². The minimum absolute atomic E-state index is 0.151. The minimum atomic E-state index is -1.33. The van der Waals surface area contributed by atoms with Crippen LogP contribution in [-0.2, 0) is 14.3 Å². The summed E-state index contributed by atoms with van der Waals surface area (Å²) in [5.41, 5.74) is -0.187. The van der Waals surface area contributed by atoms with Gasteiger partial charge in [-0.15, -0.1) is 0 Å². The molecule has 1 aromatic carbocycles. The Morgan fingerprint density at radius 2 is 1.91 bits per heavy atom. The predicted octanol–water partition coefficient (Wildman–Crippen LogP) is 2.28. The number of non-ortho nitro benzene ring substituents is 1. The highest BCUT2D eigenvalue weighted by atomic mass is 16.8. The summed E-state index contributed by atoms with van der Waals surface area (Å²) in [6, 6.07) is 6.93. The number of ether oxygens (including phenoxy) is 2. The van der Waals surface area contributed by atoms with E-state index in [0.29, 0.717) is 5.56 Å². The summed E-state index contributed by atoms with van der Waals surface area (Å²) in [6.45, 7) is 2.87. The quantitative estimate of drug-likeness (QED) is 0.516. The van der Waals surface area contributed by atoms with Crippen molar-refractivity contribution in [1.82, 2.24) is 0 Å². The van der Waals surface area contributed by atoms with E-state index in [9.17, 15) is 25.3 Å². The second-order valence-electron chi connectivity index (χ2n) is 5.02. The summed E-state index contributed by atoms with van der Waals surface area (Å²) >= 11 is 0. The number of aliphatic hydroxyl groups is 1. The van der Waals surface area contributed by atoms with Gasteiger partial charge in [0.05, 0.1) is 11.0 Å². The Hall–Kier alpha value is -3.08. The molecule has 0 saturated heterocycles. The van der Waals surface area contributed by atoms with E-state index in [0.717, 1.165) is 0 Å². The molecule has 1 aliphatic rings. The number of carbonyl (C=O) groups is 1. The number of benzene rings is 1. The van der Waals surface area contributed by atoms with Gasteiger partial charge >= 0.3 is 5.97 Å². The number of rotatable bonds is 3. The molecule has 1 aliphatic heterocycles. The molecule has 1 N–H and O–H groups in total. The molecule has 0 fully saturated rings. The number of aliphatic hydroxyl groups excluding tert-OH is 1. The Morgan fingerprint density at radius 3 is 2.36 bits per heavy atom. The highest BCUT2D eigenvalue weighted by Gasteiger charge is 2.40. The van der Waals surface area contributed by atoms with Gasteiger partial charge in [0.25, 0.3) is 17.4 Å². The van der Waals surface area contributed by atoms with Crippen LogP contribution in [0, 0.1) is 21.4 Å². The standard InChI is InChI=1S/C14H12N2O6/c1-14(2)21-12(17)11(13(18)22-14)10(7-15)8-3-5-9(6-4-8)16(19)20/h3-6,10,17H,1-2H3. The lowest BCUT2D eigenvalue weighted by atomic mass is 9.92. The molecule has 1 heterocycles. The van der Waals surface area contributed by atoms with Crippen molar-refractivity contribution in [3.8, 4) is 6.07 Å². The summed E-state index contributed by atoms with van der Waals surface area (Å²) in [4.78, 5) is 22.0. The van der Waals surface area contributed by atoms with Gasteiger partial charge in [0.2, 0.25) is 0 Å². The number of nitriles is 1. The van der Waals surface area contributed by atoms with Crippen molar-refractivity contribution in [2.45, 2.75) is 25.6 Å². The topological polar surface area (TPSA) is 123 Å². The van der Waals surface area contributed by atoms with Crippen LogP contribution in [0.15, 0.2) is 35.8 Å². The molecule has 0 amide bonds. The average Bonchev–Trinajstić information content (AvgIpc) is 2.41. The summed E-state index contributed by atoms with van der Waals surface area (Å²) in [5.74, 6) is -4.06. The SMILES string of the molecule is CC1(C)OC(=O)C(C(C#N)c2ccc([N+](=O)[O-])cc2)=C(O)O1. The number of esters is 1. The van der Waals surface area contributed by atoms with Crippen molar-refractivity contribution in [3.05, 3.63) is 51.5 Å². The largest absolute Gasteiger partial charge is 0.480 e. The first-order valence-corrected chi connectivity index (χ1v) is 6.24. The summed E-state index contributed by atoms with van der Waals surface area (Å²) < 4.78 is 10.0. The van der Waals surface area contributed by atoms with E-state index in [4.69, 9.17) is 9.47 Å². The van der Waals surface area contributed by atoms with Gasteiger partial charge in [0.1, 0.15) is 11.5 Å². The van der Waals surface area contributed by atoms with Crippen LogP contribution >= 0.6 is 0 Å². The fraction of sp³-hybridized carbons (Fsp3) is 0.286. The van der Waals surface area contributed by atoms with Crippen LogP contribution in [0.4, 0.5) is 5.69 Å². The summed E-state index contributed by atoms with van der Waals surface area (Å²) in [7, 11) is 0. The molecule has 22 heavy (non-hydrogen) atoms. The van der Waals surface area contributed by atoms with Crippen molar-refractivity contribution >= 4 is 11.7 Å². The van der Waals surface area contributed by atoms with E-state index in [2.05, 4.69) is 0 Å². The van der Waals surface area contributed by atoms with Crippen molar-refractivity contribution in [3.63, 3.8) is 0 Å². The van der Waals surface area contributed by atoms with Crippen LogP contribution < -0.4 is 0 Å². The molecule has 1 aromatic rings. The maximum Gasteiger partial charge on any atom is 0.346 e. The van der Waals surface area contributed by atoms with Crippen LogP contribution in [0.5, 0.6) is 0 Å². The van der Waals surface area contributed by atoms with Gasteiger partial charge in [-0.25, -0.2) is 4.79 Å². The summed E-state index contributed by atoms with van der Waals surface area (Å²) in [5, 5.41) is 29.8. The zero-order chi connectivity index (χ0) is 16.5. The third-order valence-electron chi connectivity index (χ3n) is 2.99. The van der Waals surface area contributed by atoms with E-state index in [1.165, 1.54) is 38.1 Å². The molecule has 8 nitrogen and oxygen atoms in total. The molecule has 1 unspecified atom stereocenters. The van der Waals surface area contributed by atoms with E-state index < -0.39 is 28.5 Å². The Labute approximate surface area is 125 Å². The Kier molecular flexibility index (Phi) is 3.73. The molecule has 2 rings (SSSR count). The van der Waals surface area contributed by atoms with Gasteiger partial charge in [0.15, 0.2) is 0 Å². The Balaban J connectivity index is 2.42. The number of nitro benzene ring substituents is 1. The molecule has 0 radical (unpaired) electrons. The highest BCUT2D eigenvalue weighted by Crippen LogP contribution is 2.34. The van der Waals surface area contributed by atoms with Gasteiger partial charge in [-0.1, -0.05) is 12.1 Å². The van der Waals surface area contributed by atoms with Gasteiger partial charge in [-0.2, -0.15) is 5.26 Å². The molecule has 8 heteroatoms. The fourth-order valence-electron chi connectivity index (χ4n) is 2.01. The number of nitrogens with zero attached hydrogens (tertiary/aromatic N) is 2. The molecule has 0 aliphatic carbocycles. The number of cyclic esters (lactones) is 1. The van der Waals surface area contributed by atoms with Crippen molar-refractivity contribution in [2.75, 3.05) is 0 Å². The zero-order valence-corrected chi connectivity index (χ0v) is 11.8. The van der Waals surface area contributed by atoms with Crippen LogP contribution in [0.3, 0.4) is 0 Å². The average molecular weight is 304 g/mol. The fourth-order valence-corrected chi connectivity index (χ4v) is 2.01. The molecule has 0 saturated carbocycles.